The Morgan fingerprint density at radius 1 is 0.958 bits per heavy atom. The van der Waals surface area contributed by atoms with Crippen molar-refractivity contribution in [1.82, 2.24) is 10.6 Å². The lowest BCUT2D eigenvalue weighted by atomic mass is 9.92. The predicted molar refractivity (Wildman–Crippen MR) is 195 cm³/mol. The van der Waals surface area contributed by atoms with Gasteiger partial charge in [-0.05, 0) is 57.7 Å². The van der Waals surface area contributed by atoms with E-state index in [0.29, 0.717) is 18.8 Å². The second-order valence-electron chi connectivity index (χ2n) is 14.0. The number of rotatable bonds is 24. The molecule has 278 valence electrons. The summed E-state index contributed by atoms with van der Waals surface area (Å²) in [7, 11) is 0. The lowest BCUT2D eigenvalue weighted by Gasteiger charge is -2.45. The SMILES string of the molecule is CCCCCCCCCCCCCCCC(=O)OC1C(SC)OC(C(NC(=O)C2CCC(CCCCC#N)CCN2)C(C)Cl)C(O)C1O. The minimum atomic E-state index is -1.41. The normalized spacial score (nSPS) is 27.4. The van der Waals surface area contributed by atoms with E-state index in [0.717, 1.165) is 57.9 Å². The van der Waals surface area contributed by atoms with E-state index in [9.17, 15) is 19.8 Å². The molecule has 9 nitrogen and oxygen atoms in total. The van der Waals surface area contributed by atoms with Gasteiger partial charge in [-0.2, -0.15) is 5.26 Å². The van der Waals surface area contributed by atoms with E-state index in [1.54, 1.807) is 13.2 Å². The van der Waals surface area contributed by atoms with Crippen LogP contribution in [-0.4, -0.2) is 82.2 Å². The van der Waals surface area contributed by atoms with Crippen LogP contribution in [0.4, 0.5) is 0 Å². The summed E-state index contributed by atoms with van der Waals surface area (Å²) in [4.78, 5) is 26.1. The Labute approximate surface area is 300 Å². The Balaban J connectivity index is 1.77. The summed E-state index contributed by atoms with van der Waals surface area (Å²) in [5.74, 6) is -0.106. The highest BCUT2D eigenvalue weighted by Gasteiger charge is 2.50. The monoisotopic (exact) mass is 715 g/mol. The summed E-state index contributed by atoms with van der Waals surface area (Å²) in [6.07, 6.45) is 19.3. The molecule has 1 amide bonds. The first-order chi connectivity index (χ1) is 23.2. The number of hydrogen-bond acceptors (Lipinski definition) is 9. The van der Waals surface area contributed by atoms with Gasteiger partial charge in [-0.3, -0.25) is 9.59 Å². The minimum absolute atomic E-state index is 0.213. The van der Waals surface area contributed by atoms with Crippen LogP contribution in [0.3, 0.4) is 0 Å². The zero-order valence-electron chi connectivity index (χ0n) is 30.0. The number of alkyl halides is 1. The fraction of sp³-hybridized carbons (Fsp3) is 0.919. The van der Waals surface area contributed by atoms with Crippen molar-refractivity contribution < 1.29 is 29.3 Å². The molecule has 0 saturated carbocycles. The van der Waals surface area contributed by atoms with Crippen molar-refractivity contribution in [2.24, 2.45) is 5.92 Å². The van der Waals surface area contributed by atoms with Gasteiger partial charge in [0.25, 0.3) is 0 Å². The van der Waals surface area contributed by atoms with Gasteiger partial charge in [0.2, 0.25) is 5.91 Å². The molecule has 2 heterocycles. The Morgan fingerprint density at radius 2 is 1.58 bits per heavy atom. The maximum Gasteiger partial charge on any atom is 0.306 e. The van der Waals surface area contributed by atoms with E-state index in [1.165, 1.54) is 76.0 Å². The molecule has 0 aromatic carbocycles. The molecular weight excluding hydrogens is 650 g/mol. The molecule has 4 N–H and O–H groups in total. The number of halogens is 1. The highest BCUT2D eigenvalue weighted by molar-refractivity contribution is 7.99. The molecule has 11 heteroatoms. The van der Waals surface area contributed by atoms with E-state index in [1.807, 2.05) is 0 Å². The topological polar surface area (TPSA) is 141 Å². The Bertz CT molecular complexity index is 922. The second kappa shape index (κ2) is 25.8. The smallest absolute Gasteiger partial charge is 0.306 e. The van der Waals surface area contributed by atoms with Gasteiger partial charge in [-0.15, -0.1) is 23.4 Å². The number of esters is 1. The highest BCUT2D eigenvalue weighted by Crippen LogP contribution is 2.33. The van der Waals surface area contributed by atoms with Gasteiger partial charge in [0.05, 0.1) is 23.5 Å². The maximum absolute atomic E-state index is 13.4. The van der Waals surface area contributed by atoms with Crippen molar-refractivity contribution >= 4 is 35.2 Å². The van der Waals surface area contributed by atoms with Crippen LogP contribution in [0.2, 0.25) is 0 Å². The van der Waals surface area contributed by atoms with Gasteiger partial charge < -0.3 is 30.3 Å². The fourth-order valence-corrected chi connectivity index (χ4v) is 7.89. The minimum Gasteiger partial charge on any atom is -0.456 e. The van der Waals surface area contributed by atoms with Crippen LogP contribution in [0.15, 0.2) is 0 Å². The quantitative estimate of drug-likeness (QED) is 0.0466. The number of hydrogen-bond donors (Lipinski definition) is 4. The zero-order chi connectivity index (χ0) is 35.1. The Hall–Kier alpha value is -1.09. The van der Waals surface area contributed by atoms with E-state index in [4.69, 9.17) is 26.3 Å². The first kappa shape index (κ1) is 43.1. The van der Waals surface area contributed by atoms with Crippen molar-refractivity contribution in [2.45, 2.75) is 196 Å². The molecule has 48 heavy (non-hydrogen) atoms. The number of amides is 1. The van der Waals surface area contributed by atoms with Crippen molar-refractivity contribution in [1.29, 1.82) is 5.26 Å². The number of nitrogens with zero attached hydrogens (tertiary/aromatic N) is 1. The van der Waals surface area contributed by atoms with Gasteiger partial charge in [0, 0.05) is 12.8 Å². The molecule has 2 fully saturated rings. The van der Waals surface area contributed by atoms with Crippen molar-refractivity contribution in [3.05, 3.63) is 0 Å². The second-order valence-corrected chi connectivity index (χ2v) is 15.6. The predicted octanol–water partition coefficient (Wildman–Crippen LogP) is 7.14. The van der Waals surface area contributed by atoms with Crippen LogP contribution < -0.4 is 10.6 Å². The molecule has 0 bridgehead atoms. The lowest BCUT2D eigenvalue weighted by molar-refractivity contribution is -0.218. The Morgan fingerprint density at radius 3 is 2.17 bits per heavy atom. The molecular formula is C37H66ClN3O6S. The summed E-state index contributed by atoms with van der Waals surface area (Å²) in [6.45, 7) is 4.70. The number of thioether (sulfide) groups is 1. The molecule has 0 aliphatic carbocycles. The molecule has 2 saturated heterocycles. The van der Waals surface area contributed by atoms with Crippen LogP contribution in [0.1, 0.15) is 149 Å². The van der Waals surface area contributed by atoms with Gasteiger partial charge in [0.15, 0.2) is 6.10 Å². The molecule has 2 aliphatic rings. The van der Waals surface area contributed by atoms with E-state index in [2.05, 4.69) is 23.6 Å². The summed E-state index contributed by atoms with van der Waals surface area (Å²) < 4.78 is 11.9. The first-order valence-corrected chi connectivity index (χ1v) is 20.7. The van der Waals surface area contributed by atoms with E-state index < -0.39 is 53.3 Å². The van der Waals surface area contributed by atoms with Crippen LogP contribution in [0, 0.1) is 17.2 Å². The standard InChI is InChI=1S/C37H66ClN3O6S/c1-4-5-6-7-8-9-10-11-12-13-14-15-18-21-30(42)46-35-33(44)32(43)34(47-37(35)48-3)31(27(2)38)41-36(45)29-23-22-28(24-26-40-29)20-17-16-19-25-39/h27-29,31-35,37,40,43-44H,4-24,26H2,1-3H3,(H,41,45). The molecule has 0 aromatic heterocycles. The van der Waals surface area contributed by atoms with E-state index in [-0.39, 0.29) is 12.3 Å². The maximum atomic E-state index is 13.4. The Kier molecular flexibility index (Phi) is 23.2. The van der Waals surface area contributed by atoms with Gasteiger partial charge >= 0.3 is 5.97 Å². The van der Waals surface area contributed by atoms with Crippen LogP contribution in [-0.2, 0) is 19.1 Å². The average Bonchev–Trinajstić information content (AvgIpc) is 3.32. The van der Waals surface area contributed by atoms with Crippen molar-refractivity contribution in [3.63, 3.8) is 0 Å². The summed E-state index contributed by atoms with van der Waals surface area (Å²) in [6, 6.07) is 1.03. The highest BCUT2D eigenvalue weighted by atomic mass is 35.5. The van der Waals surface area contributed by atoms with E-state index >= 15 is 0 Å². The number of carbonyl (C=O) groups is 2. The third kappa shape index (κ3) is 16.3. The number of aliphatic hydroxyl groups is 2. The molecule has 2 rings (SSSR count). The third-order valence-corrected chi connectivity index (χ3v) is 11.1. The largest absolute Gasteiger partial charge is 0.456 e. The van der Waals surface area contributed by atoms with Crippen LogP contribution in [0.5, 0.6) is 0 Å². The van der Waals surface area contributed by atoms with Crippen LogP contribution in [0.25, 0.3) is 0 Å². The average molecular weight is 716 g/mol. The van der Waals surface area contributed by atoms with Gasteiger partial charge in [0.1, 0.15) is 23.7 Å². The lowest BCUT2D eigenvalue weighted by Crippen LogP contribution is -2.65. The number of ether oxygens (including phenoxy) is 2. The number of aliphatic hydroxyl groups excluding tert-OH is 2. The van der Waals surface area contributed by atoms with Gasteiger partial charge in [-0.25, -0.2) is 0 Å². The molecule has 0 radical (unpaired) electrons. The first-order valence-electron chi connectivity index (χ1n) is 19.0. The fourth-order valence-electron chi connectivity index (χ4n) is 6.96. The number of unbranched alkanes of at least 4 members (excludes halogenated alkanes) is 14. The van der Waals surface area contributed by atoms with Gasteiger partial charge in [-0.1, -0.05) is 96.8 Å². The summed E-state index contributed by atoms with van der Waals surface area (Å²) in [5.41, 5.74) is -0.725. The third-order valence-electron chi connectivity index (χ3n) is 10.00. The summed E-state index contributed by atoms with van der Waals surface area (Å²) >= 11 is 7.83. The molecule has 9 atom stereocenters. The number of nitriles is 1. The van der Waals surface area contributed by atoms with Crippen molar-refractivity contribution in [3.8, 4) is 6.07 Å². The molecule has 0 aromatic rings. The molecule has 2 aliphatic heterocycles. The van der Waals surface area contributed by atoms with Crippen LogP contribution >= 0.6 is 23.4 Å². The summed E-state index contributed by atoms with van der Waals surface area (Å²) in [5, 5.41) is 36.8. The molecule has 0 spiro atoms. The zero-order valence-corrected chi connectivity index (χ0v) is 31.6. The number of nitrogens with one attached hydrogen (secondary N) is 2. The van der Waals surface area contributed by atoms with Crippen molar-refractivity contribution in [2.75, 3.05) is 12.8 Å². The number of carbonyl (C=O) groups excluding carboxylic acids is 2. The molecule has 9 unspecified atom stereocenters.